The molecule has 2 unspecified atom stereocenters. The summed E-state index contributed by atoms with van der Waals surface area (Å²) < 4.78 is 0. The van der Waals surface area contributed by atoms with Crippen molar-refractivity contribution >= 4 is 0 Å². The first-order chi connectivity index (χ1) is 7.68. The fourth-order valence-corrected chi connectivity index (χ4v) is 3.35. The number of hydrogen-bond donors (Lipinski definition) is 1. The minimum absolute atomic E-state index is 0.355. The standard InChI is InChI=1S/C14H28N2/c1-4-12-10-15-14(3,5-2)11-16(12)13-8-6-7-9-13/h12-13,15H,4-11H2,1-3H3. The zero-order valence-electron chi connectivity index (χ0n) is 11.3. The molecule has 16 heavy (non-hydrogen) atoms. The van der Waals surface area contributed by atoms with Crippen molar-refractivity contribution in [1.29, 1.82) is 0 Å². The van der Waals surface area contributed by atoms with Crippen molar-refractivity contribution in [2.45, 2.75) is 76.9 Å². The maximum Gasteiger partial charge on any atom is 0.0278 e. The molecule has 1 N–H and O–H groups in total. The second-order valence-electron chi connectivity index (χ2n) is 5.97. The van der Waals surface area contributed by atoms with Crippen LogP contribution in [-0.4, -0.2) is 35.6 Å². The van der Waals surface area contributed by atoms with Gasteiger partial charge in [-0.3, -0.25) is 4.90 Å². The highest BCUT2D eigenvalue weighted by molar-refractivity contribution is 4.97. The minimum Gasteiger partial charge on any atom is -0.309 e. The SMILES string of the molecule is CCC1CNC(C)(CC)CN1C1CCCC1. The minimum atomic E-state index is 0.355. The number of nitrogens with one attached hydrogen (secondary N) is 1. The van der Waals surface area contributed by atoms with Crippen LogP contribution in [0.25, 0.3) is 0 Å². The Labute approximate surface area is 101 Å². The van der Waals surface area contributed by atoms with Crippen molar-refractivity contribution in [3.05, 3.63) is 0 Å². The molecular weight excluding hydrogens is 196 g/mol. The van der Waals surface area contributed by atoms with Gasteiger partial charge in [0.05, 0.1) is 0 Å². The fourth-order valence-electron chi connectivity index (χ4n) is 3.35. The molecule has 0 aromatic carbocycles. The van der Waals surface area contributed by atoms with E-state index in [0.717, 1.165) is 12.1 Å². The van der Waals surface area contributed by atoms with Gasteiger partial charge >= 0.3 is 0 Å². The van der Waals surface area contributed by atoms with Crippen LogP contribution in [0.3, 0.4) is 0 Å². The van der Waals surface area contributed by atoms with Crippen LogP contribution in [0.1, 0.15) is 59.3 Å². The number of rotatable bonds is 3. The van der Waals surface area contributed by atoms with E-state index in [-0.39, 0.29) is 0 Å². The summed E-state index contributed by atoms with van der Waals surface area (Å²) in [5.74, 6) is 0. The van der Waals surface area contributed by atoms with Crippen molar-refractivity contribution in [1.82, 2.24) is 10.2 Å². The van der Waals surface area contributed by atoms with Gasteiger partial charge in [0.25, 0.3) is 0 Å². The van der Waals surface area contributed by atoms with Gasteiger partial charge in [-0.15, -0.1) is 0 Å². The fraction of sp³-hybridized carbons (Fsp3) is 1.00. The molecule has 0 aromatic heterocycles. The summed E-state index contributed by atoms with van der Waals surface area (Å²) in [6.07, 6.45) is 8.32. The van der Waals surface area contributed by atoms with Crippen LogP contribution in [0.5, 0.6) is 0 Å². The highest BCUT2D eigenvalue weighted by Crippen LogP contribution is 2.30. The molecule has 1 heterocycles. The van der Waals surface area contributed by atoms with E-state index in [1.54, 1.807) is 0 Å². The molecule has 0 bridgehead atoms. The second kappa shape index (κ2) is 5.05. The third-order valence-corrected chi connectivity index (χ3v) is 4.81. The molecule has 1 aliphatic carbocycles. The van der Waals surface area contributed by atoms with E-state index in [0.29, 0.717) is 5.54 Å². The maximum absolute atomic E-state index is 3.76. The van der Waals surface area contributed by atoms with E-state index in [4.69, 9.17) is 0 Å². The van der Waals surface area contributed by atoms with E-state index < -0.39 is 0 Å². The van der Waals surface area contributed by atoms with Crippen LogP contribution in [0.2, 0.25) is 0 Å². The molecule has 0 amide bonds. The molecule has 0 aromatic rings. The second-order valence-corrected chi connectivity index (χ2v) is 5.97. The van der Waals surface area contributed by atoms with Crippen LogP contribution < -0.4 is 5.32 Å². The predicted octanol–water partition coefficient (Wildman–Crippen LogP) is 2.78. The van der Waals surface area contributed by atoms with Gasteiger partial charge in [0, 0.05) is 30.7 Å². The summed E-state index contributed by atoms with van der Waals surface area (Å²) in [5.41, 5.74) is 0.355. The van der Waals surface area contributed by atoms with Crippen LogP contribution in [0.4, 0.5) is 0 Å². The summed E-state index contributed by atoms with van der Waals surface area (Å²) >= 11 is 0. The lowest BCUT2D eigenvalue weighted by Crippen LogP contribution is -2.64. The Hall–Kier alpha value is -0.0800. The first-order valence-corrected chi connectivity index (χ1v) is 7.19. The third-order valence-electron chi connectivity index (χ3n) is 4.81. The first-order valence-electron chi connectivity index (χ1n) is 7.19. The smallest absolute Gasteiger partial charge is 0.0278 e. The zero-order valence-corrected chi connectivity index (χ0v) is 11.3. The number of nitrogens with zero attached hydrogens (tertiary/aromatic N) is 1. The lowest BCUT2D eigenvalue weighted by Gasteiger charge is -2.48. The quantitative estimate of drug-likeness (QED) is 0.793. The van der Waals surface area contributed by atoms with Crippen molar-refractivity contribution in [2.75, 3.05) is 13.1 Å². The normalized spacial score (nSPS) is 38.1. The Morgan fingerprint density at radius 1 is 1.25 bits per heavy atom. The number of hydrogen-bond acceptors (Lipinski definition) is 2. The Balaban J connectivity index is 2.04. The van der Waals surface area contributed by atoms with Crippen LogP contribution in [0.15, 0.2) is 0 Å². The Morgan fingerprint density at radius 3 is 2.50 bits per heavy atom. The van der Waals surface area contributed by atoms with E-state index in [1.165, 1.54) is 51.6 Å². The Kier molecular flexibility index (Phi) is 3.91. The first kappa shape index (κ1) is 12.4. The lowest BCUT2D eigenvalue weighted by molar-refractivity contribution is 0.0458. The van der Waals surface area contributed by atoms with Gasteiger partial charge in [0.2, 0.25) is 0 Å². The molecular formula is C14H28N2. The lowest BCUT2D eigenvalue weighted by atomic mass is 9.91. The molecule has 2 aliphatic rings. The largest absolute Gasteiger partial charge is 0.309 e. The molecule has 2 heteroatoms. The Morgan fingerprint density at radius 2 is 1.94 bits per heavy atom. The van der Waals surface area contributed by atoms with Gasteiger partial charge in [-0.1, -0.05) is 26.7 Å². The van der Waals surface area contributed by atoms with Crippen molar-refractivity contribution in [2.24, 2.45) is 0 Å². The van der Waals surface area contributed by atoms with Gasteiger partial charge in [0.15, 0.2) is 0 Å². The molecule has 94 valence electrons. The van der Waals surface area contributed by atoms with E-state index in [2.05, 4.69) is 31.0 Å². The molecule has 2 fully saturated rings. The van der Waals surface area contributed by atoms with Crippen molar-refractivity contribution in [3.8, 4) is 0 Å². The van der Waals surface area contributed by atoms with E-state index in [9.17, 15) is 0 Å². The van der Waals surface area contributed by atoms with Crippen molar-refractivity contribution < 1.29 is 0 Å². The molecule has 2 rings (SSSR count). The van der Waals surface area contributed by atoms with E-state index in [1.807, 2.05) is 0 Å². The van der Waals surface area contributed by atoms with Gasteiger partial charge in [-0.2, -0.15) is 0 Å². The van der Waals surface area contributed by atoms with Gasteiger partial charge in [-0.05, 0) is 32.6 Å². The molecule has 1 saturated heterocycles. The predicted molar refractivity (Wildman–Crippen MR) is 69.7 cm³/mol. The summed E-state index contributed by atoms with van der Waals surface area (Å²) in [5, 5.41) is 3.76. The molecule has 0 radical (unpaired) electrons. The van der Waals surface area contributed by atoms with Crippen LogP contribution in [0, 0.1) is 0 Å². The maximum atomic E-state index is 3.76. The highest BCUT2D eigenvalue weighted by atomic mass is 15.3. The van der Waals surface area contributed by atoms with Gasteiger partial charge in [-0.25, -0.2) is 0 Å². The van der Waals surface area contributed by atoms with Gasteiger partial charge in [0.1, 0.15) is 0 Å². The van der Waals surface area contributed by atoms with Gasteiger partial charge < -0.3 is 5.32 Å². The Bertz CT molecular complexity index is 221. The summed E-state index contributed by atoms with van der Waals surface area (Å²) in [7, 11) is 0. The summed E-state index contributed by atoms with van der Waals surface area (Å²) in [6.45, 7) is 9.49. The highest BCUT2D eigenvalue weighted by Gasteiger charge is 2.37. The zero-order chi connectivity index (χ0) is 11.6. The van der Waals surface area contributed by atoms with E-state index >= 15 is 0 Å². The third kappa shape index (κ3) is 2.43. The molecule has 1 aliphatic heterocycles. The molecule has 0 spiro atoms. The average molecular weight is 224 g/mol. The monoisotopic (exact) mass is 224 g/mol. The molecule has 2 nitrogen and oxygen atoms in total. The average Bonchev–Trinajstić information content (AvgIpc) is 2.82. The van der Waals surface area contributed by atoms with Crippen LogP contribution in [-0.2, 0) is 0 Å². The summed E-state index contributed by atoms with van der Waals surface area (Å²) in [4.78, 5) is 2.83. The summed E-state index contributed by atoms with van der Waals surface area (Å²) in [6, 6.07) is 1.67. The number of piperazine rings is 1. The van der Waals surface area contributed by atoms with Crippen molar-refractivity contribution in [3.63, 3.8) is 0 Å². The molecule has 1 saturated carbocycles. The molecule has 2 atom stereocenters. The van der Waals surface area contributed by atoms with Crippen LogP contribution >= 0.6 is 0 Å². The topological polar surface area (TPSA) is 15.3 Å².